The molecule has 0 radical (unpaired) electrons. The molecule has 5 heteroatoms. The van der Waals surface area contributed by atoms with Crippen LogP contribution in [-0.4, -0.2) is 16.1 Å². The standard InChI is InChI=1S/C7H5BrClNO2/c8-3-5-6(7(11)12)4(9)1-2-10-5/h1-2H,3H2,(H,11,12). The Morgan fingerprint density at radius 3 is 2.83 bits per heavy atom. The number of aromatic nitrogens is 1. The van der Waals surface area contributed by atoms with Crippen LogP contribution in [0.5, 0.6) is 0 Å². The highest BCUT2D eigenvalue weighted by Gasteiger charge is 2.13. The SMILES string of the molecule is O=C(O)c1c(Cl)ccnc1CBr. The maximum atomic E-state index is 10.7. The highest BCUT2D eigenvalue weighted by Crippen LogP contribution is 2.19. The summed E-state index contributed by atoms with van der Waals surface area (Å²) in [5, 5.41) is 9.33. The Labute approximate surface area is 82.5 Å². The second kappa shape index (κ2) is 3.87. The fourth-order valence-corrected chi connectivity index (χ4v) is 1.48. The number of alkyl halides is 1. The molecular weight excluding hydrogens is 245 g/mol. The van der Waals surface area contributed by atoms with Crippen LogP contribution in [0.2, 0.25) is 5.02 Å². The molecule has 0 aromatic carbocycles. The van der Waals surface area contributed by atoms with Crippen LogP contribution in [0, 0.1) is 0 Å². The van der Waals surface area contributed by atoms with Crippen LogP contribution in [0.3, 0.4) is 0 Å². The van der Waals surface area contributed by atoms with Gasteiger partial charge in [0, 0.05) is 11.5 Å². The molecule has 12 heavy (non-hydrogen) atoms. The van der Waals surface area contributed by atoms with Gasteiger partial charge >= 0.3 is 5.97 Å². The van der Waals surface area contributed by atoms with Crippen LogP contribution in [0.4, 0.5) is 0 Å². The number of carbonyl (C=O) groups is 1. The van der Waals surface area contributed by atoms with E-state index in [4.69, 9.17) is 16.7 Å². The molecule has 1 rings (SSSR count). The molecule has 1 heterocycles. The van der Waals surface area contributed by atoms with E-state index in [2.05, 4.69) is 20.9 Å². The number of carboxylic acid groups (broad SMARTS) is 1. The van der Waals surface area contributed by atoms with Crippen LogP contribution in [0.1, 0.15) is 16.1 Å². The Balaban J connectivity index is 3.29. The lowest BCUT2D eigenvalue weighted by atomic mass is 10.2. The molecule has 0 saturated carbocycles. The van der Waals surface area contributed by atoms with Crippen LogP contribution < -0.4 is 0 Å². The van der Waals surface area contributed by atoms with Gasteiger partial charge < -0.3 is 5.11 Å². The molecule has 0 aliphatic carbocycles. The molecule has 1 N–H and O–H groups in total. The summed E-state index contributed by atoms with van der Waals surface area (Å²) < 4.78 is 0. The molecule has 0 unspecified atom stereocenters. The number of nitrogens with zero attached hydrogens (tertiary/aromatic N) is 1. The third-order valence-corrected chi connectivity index (χ3v) is 2.17. The van der Waals surface area contributed by atoms with Crippen molar-refractivity contribution in [2.75, 3.05) is 0 Å². The van der Waals surface area contributed by atoms with Crippen LogP contribution >= 0.6 is 27.5 Å². The summed E-state index contributed by atoms with van der Waals surface area (Å²) in [4.78, 5) is 14.5. The van der Waals surface area contributed by atoms with E-state index >= 15 is 0 Å². The first-order valence-electron chi connectivity index (χ1n) is 3.09. The average molecular weight is 250 g/mol. The largest absolute Gasteiger partial charge is 0.478 e. The molecule has 0 aliphatic heterocycles. The van der Waals surface area contributed by atoms with Crippen molar-refractivity contribution in [2.24, 2.45) is 0 Å². The summed E-state index contributed by atoms with van der Waals surface area (Å²) in [5.41, 5.74) is 0.506. The minimum absolute atomic E-state index is 0.0658. The predicted molar refractivity (Wildman–Crippen MR) is 48.8 cm³/mol. The molecule has 0 aliphatic rings. The van der Waals surface area contributed by atoms with Gasteiger partial charge in [-0.2, -0.15) is 0 Å². The summed E-state index contributed by atoms with van der Waals surface area (Å²) in [6, 6.07) is 1.46. The van der Waals surface area contributed by atoms with E-state index in [-0.39, 0.29) is 10.6 Å². The minimum atomic E-state index is -1.05. The van der Waals surface area contributed by atoms with Gasteiger partial charge in [0.25, 0.3) is 0 Å². The van der Waals surface area contributed by atoms with Gasteiger partial charge in [0.15, 0.2) is 0 Å². The molecule has 1 aromatic rings. The Morgan fingerprint density at radius 2 is 2.42 bits per heavy atom. The Hall–Kier alpha value is -0.610. The number of carboxylic acids is 1. The average Bonchev–Trinajstić information content (AvgIpc) is 2.03. The quantitative estimate of drug-likeness (QED) is 0.820. The Morgan fingerprint density at radius 1 is 1.75 bits per heavy atom. The molecule has 0 bridgehead atoms. The third kappa shape index (κ3) is 1.76. The lowest BCUT2D eigenvalue weighted by Gasteiger charge is -2.02. The number of rotatable bonds is 2. The van der Waals surface area contributed by atoms with E-state index in [0.717, 1.165) is 0 Å². The van der Waals surface area contributed by atoms with Crippen molar-refractivity contribution >= 4 is 33.5 Å². The molecule has 0 amide bonds. The zero-order valence-corrected chi connectivity index (χ0v) is 8.26. The monoisotopic (exact) mass is 249 g/mol. The summed E-state index contributed by atoms with van der Waals surface area (Å²) in [6.45, 7) is 0. The third-order valence-electron chi connectivity index (χ3n) is 1.32. The Bertz CT molecular complexity index is 316. The fourth-order valence-electron chi connectivity index (χ4n) is 0.805. The normalized spacial score (nSPS) is 9.83. The first kappa shape index (κ1) is 9.48. The molecular formula is C7H5BrClNO2. The number of halogens is 2. The highest BCUT2D eigenvalue weighted by atomic mass is 79.9. The lowest BCUT2D eigenvalue weighted by molar-refractivity contribution is 0.0695. The van der Waals surface area contributed by atoms with E-state index in [1.807, 2.05) is 0 Å². The Kier molecular flexibility index (Phi) is 3.05. The second-order valence-corrected chi connectivity index (χ2v) is 3.02. The van der Waals surface area contributed by atoms with E-state index in [9.17, 15) is 4.79 Å². The molecule has 0 fully saturated rings. The van der Waals surface area contributed by atoms with Gasteiger partial charge in [0.05, 0.1) is 10.7 Å². The summed E-state index contributed by atoms with van der Waals surface area (Å²) >= 11 is 8.79. The van der Waals surface area contributed by atoms with Gasteiger partial charge in [-0.3, -0.25) is 4.98 Å². The van der Waals surface area contributed by atoms with Gasteiger partial charge in [-0.15, -0.1) is 0 Å². The van der Waals surface area contributed by atoms with Crippen molar-refractivity contribution in [3.05, 3.63) is 28.5 Å². The zero-order valence-electron chi connectivity index (χ0n) is 5.92. The maximum absolute atomic E-state index is 10.7. The number of aromatic carboxylic acids is 1. The summed E-state index contributed by atoms with van der Waals surface area (Å²) in [7, 11) is 0. The smallest absolute Gasteiger partial charge is 0.339 e. The van der Waals surface area contributed by atoms with E-state index in [1.165, 1.54) is 12.3 Å². The van der Waals surface area contributed by atoms with E-state index in [1.54, 1.807) is 0 Å². The van der Waals surface area contributed by atoms with Crippen molar-refractivity contribution in [3.8, 4) is 0 Å². The number of pyridine rings is 1. The van der Waals surface area contributed by atoms with E-state index in [0.29, 0.717) is 11.0 Å². The van der Waals surface area contributed by atoms with Gasteiger partial charge in [0.2, 0.25) is 0 Å². The summed E-state index contributed by atoms with van der Waals surface area (Å²) in [5.74, 6) is -1.05. The van der Waals surface area contributed by atoms with Crippen molar-refractivity contribution in [1.82, 2.24) is 4.98 Å². The first-order valence-corrected chi connectivity index (χ1v) is 4.59. The second-order valence-electron chi connectivity index (χ2n) is 2.05. The van der Waals surface area contributed by atoms with Crippen LogP contribution in [-0.2, 0) is 5.33 Å². The molecule has 3 nitrogen and oxygen atoms in total. The molecule has 64 valence electrons. The zero-order chi connectivity index (χ0) is 9.14. The lowest BCUT2D eigenvalue weighted by Crippen LogP contribution is -2.03. The predicted octanol–water partition coefficient (Wildman–Crippen LogP) is 2.33. The van der Waals surface area contributed by atoms with Crippen molar-refractivity contribution < 1.29 is 9.90 Å². The topological polar surface area (TPSA) is 50.2 Å². The maximum Gasteiger partial charge on any atom is 0.339 e. The van der Waals surface area contributed by atoms with Gasteiger partial charge in [-0.1, -0.05) is 27.5 Å². The van der Waals surface area contributed by atoms with Gasteiger partial charge in [0.1, 0.15) is 5.56 Å². The molecule has 0 spiro atoms. The van der Waals surface area contributed by atoms with Gasteiger partial charge in [-0.05, 0) is 6.07 Å². The number of hydrogen-bond donors (Lipinski definition) is 1. The molecule has 0 atom stereocenters. The first-order chi connectivity index (χ1) is 5.66. The van der Waals surface area contributed by atoms with Gasteiger partial charge in [-0.25, -0.2) is 4.79 Å². The minimum Gasteiger partial charge on any atom is -0.478 e. The van der Waals surface area contributed by atoms with Crippen LogP contribution in [0.25, 0.3) is 0 Å². The van der Waals surface area contributed by atoms with Crippen molar-refractivity contribution in [1.29, 1.82) is 0 Å². The van der Waals surface area contributed by atoms with E-state index < -0.39 is 5.97 Å². The highest BCUT2D eigenvalue weighted by molar-refractivity contribution is 9.08. The van der Waals surface area contributed by atoms with Crippen molar-refractivity contribution in [3.63, 3.8) is 0 Å². The summed E-state index contributed by atoms with van der Waals surface area (Å²) in [6.07, 6.45) is 1.48. The van der Waals surface area contributed by atoms with Crippen LogP contribution in [0.15, 0.2) is 12.3 Å². The molecule has 1 aromatic heterocycles. The van der Waals surface area contributed by atoms with Crippen molar-refractivity contribution in [2.45, 2.75) is 5.33 Å². The number of hydrogen-bond acceptors (Lipinski definition) is 2. The fraction of sp³-hybridized carbons (Fsp3) is 0.143. The molecule has 0 saturated heterocycles.